The Bertz CT molecular complexity index is 729. The number of pyridine rings is 1. The Balaban J connectivity index is 2.25. The molecule has 2 heterocycles. The molecule has 1 aliphatic heterocycles. The Labute approximate surface area is 121 Å². The Kier molecular flexibility index (Phi) is 3.21. The van der Waals surface area contributed by atoms with Crippen molar-refractivity contribution in [2.24, 2.45) is 5.73 Å². The number of carbonyl (C=O) groups excluding carboxylic acids is 1. The van der Waals surface area contributed by atoms with Gasteiger partial charge in [-0.05, 0) is 18.9 Å². The normalized spacial score (nSPS) is 18.1. The van der Waals surface area contributed by atoms with Crippen molar-refractivity contribution in [2.75, 3.05) is 11.4 Å². The standard InChI is InChI=1S/C15H15N3O3/c16-14(19)12-6-3-7-18(12)13-9-4-1-2-5-11(9)17-8-10(13)15(20)21/h1-2,4-5,8,12H,3,6-7H2,(H2,16,19)(H,20,21). The summed E-state index contributed by atoms with van der Waals surface area (Å²) in [5.74, 6) is -1.48. The van der Waals surface area contributed by atoms with Gasteiger partial charge in [0.05, 0.1) is 11.2 Å². The fraction of sp³-hybridized carbons (Fsp3) is 0.267. The van der Waals surface area contributed by atoms with Gasteiger partial charge in [-0.25, -0.2) is 4.79 Å². The van der Waals surface area contributed by atoms with Crippen LogP contribution in [-0.2, 0) is 4.79 Å². The molecule has 1 aromatic heterocycles. The van der Waals surface area contributed by atoms with Gasteiger partial charge in [0, 0.05) is 18.1 Å². The van der Waals surface area contributed by atoms with E-state index < -0.39 is 17.9 Å². The second-order valence-corrected chi connectivity index (χ2v) is 5.10. The molecule has 21 heavy (non-hydrogen) atoms. The minimum absolute atomic E-state index is 0.0989. The van der Waals surface area contributed by atoms with Crippen molar-refractivity contribution in [1.29, 1.82) is 0 Å². The zero-order valence-corrected chi connectivity index (χ0v) is 11.3. The molecule has 3 N–H and O–H groups in total. The number of nitrogens with zero attached hydrogens (tertiary/aromatic N) is 2. The molecule has 0 radical (unpaired) electrons. The summed E-state index contributed by atoms with van der Waals surface area (Å²) in [5.41, 5.74) is 6.79. The van der Waals surface area contributed by atoms with E-state index in [0.717, 1.165) is 11.8 Å². The highest BCUT2D eigenvalue weighted by atomic mass is 16.4. The molecule has 6 heteroatoms. The van der Waals surface area contributed by atoms with Gasteiger partial charge in [0.25, 0.3) is 0 Å². The number of benzene rings is 1. The van der Waals surface area contributed by atoms with E-state index >= 15 is 0 Å². The molecule has 108 valence electrons. The predicted molar refractivity (Wildman–Crippen MR) is 78.3 cm³/mol. The maximum absolute atomic E-state index is 11.6. The van der Waals surface area contributed by atoms with Gasteiger partial charge < -0.3 is 15.7 Å². The molecule has 1 saturated heterocycles. The highest BCUT2D eigenvalue weighted by Gasteiger charge is 2.32. The second kappa shape index (κ2) is 5.05. The number of anilines is 1. The van der Waals surface area contributed by atoms with Crippen LogP contribution in [0, 0.1) is 0 Å². The first-order valence-electron chi connectivity index (χ1n) is 6.76. The molecule has 1 aromatic carbocycles. The largest absolute Gasteiger partial charge is 0.478 e. The van der Waals surface area contributed by atoms with Crippen molar-refractivity contribution in [3.8, 4) is 0 Å². The molecule has 0 saturated carbocycles. The Hall–Kier alpha value is -2.63. The summed E-state index contributed by atoms with van der Waals surface area (Å²) in [7, 11) is 0. The van der Waals surface area contributed by atoms with E-state index in [-0.39, 0.29) is 5.56 Å². The van der Waals surface area contributed by atoms with E-state index in [1.165, 1.54) is 6.20 Å². The van der Waals surface area contributed by atoms with Gasteiger partial charge in [0.1, 0.15) is 11.6 Å². The lowest BCUT2D eigenvalue weighted by atomic mass is 10.1. The van der Waals surface area contributed by atoms with E-state index in [9.17, 15) is 14.7 Å². The van der Waals surface area contributed by atoms with Crippen LogP contribution in [0.1, 0.15) is 23.2 Å². The summed E-state index contributed by atoms with van der Waals surface area (Å²) >= 11 is 0. The summed E-state index contributed by atoms with van der Waals surface area (Å²) in [5, 5.41) is 10.2. The quantitative estimate of drug-likeness (QED) is 0.888. The van der Waals surface area contributed by atoms with Gasteiger partial charge in [-0.1, -0.05) is 18.2 Å². The summed E-state index contributed by atoms with van der Waals surface area (Å²) < 4.78 is 0. The van der Waals surface area contributed by atoms with Crippen molar-refractivity contribution < 1.29 is 14.7 Å². The Morgan fingerprint density at radius 3 is 2.81 bits per heavy atom. The van der Waals surface area contributed by atoms with Crippen LogP contribution in [0.3, 0.4) is 0 Å². The molecule has 0 spiro atoms. The Morgan fingerprint density at radius 2 is 2.10 bits per heavy atom. The maximum atomic E-state index is 11.6. The molecule has 1 unspecified atom stereocenters. The maximum Gasteiger partial charge on any atom is 0.339 e. The minimum Gasteiger partial charge on any atom is -0.478 e. The molecular weight excluding hydrogens is 270 g/mol. The first-order valence-corrected chi connectivity index (χ1v) is 6.76. The molecule has 6 nitrogen and oxygen atoms in total. The number of carboxylic acid groups (broad SMARTS) is 1. The molecule has 1 aliphatic rings. The molecule has 1 atom stereocenters. The molecule has 3 rings (SSSR count). The van der Waals surface area contributed by atoms with Crippen molar-refractivity contribution in [1.82, 2.24) is 4.98 Å². The highest BCUT2D eigenvalue weighted by molar-refractivity contribution is 6.05. The lowest BCUT2D eigenvalue weighted by Crippen LogP contribution is -2.41. The van der Waals surface area contributed by atoms with E-state index in [2.05, 4.69) is 4.98 Å². The average molecular weight is 285 g/mol. The van der Waals surface area contributed by atoms with E-state index in [1.54, 1.807) is 4.90 Å². The fourth-order valence-electron chi connectivity index (χ4n) is 2.92. The molecule has 0 aliphatic carbocycles. The molecular formula is C15H15N3O3. The van der Waals surface area contributed by atoms with Crippen LogP contribution in [-0.4, -0.2) is 34.6 Å². The van der Waals surface area contributed by atoms with Gasteiger partial charge in [-0.2, -0.15) is 0 Å². The zero-order chi connectivity index (χ0) is 15.0. The van der Waals surface area contributed by atoms with Crippen LogP contribution in [0.2, 0.25) is 0 Å². The third kappa shape index (κ3) is 2.18. The third-order valence-electron chi connectivity index (χ3n) is 3.85. The number of hydrogen-bond donors (Lipinski definition) is 2. The van der Waals surface area contributed by atoms with E-state index in [4.69, 9.17) is 5.73 Å². The van der Waals surface area contributed by atoms with Crippen molar-refractivity contribution in [3.63, 3.8) is 0 Å². The first-order chi connectivity index (χ1) is 10.1. The number of amides is 1. The van der Waals surface area contributed by atoms with Crippen LogP contribution in [0.5, 0.6) is 0 Å². The van der Waals surface area contributed by atoms with Crippen LogP contribution in [0.4, 0.5) is 5.69 Å². The number of nitrogens with two attached hydrogens (primary N) is 1. The number of fused-ring (bicyclic) bond motifs is 1. The molecule has 1 fully saturated rings. The molecule has 2 aromatic rings. The highest BCUT2D eigenvalue weighted by Crippen LogP contribution is 2.34. The minimum atomic E-state index is -1.06. The van der Waals surface area contributed by atoms with Gasteiger partial charge in [0.15, 0.2) is 0 Å². The van der Waals surface area contributed by atoms with Crippen LogP contribution >= 0.6 is 0 Å². The zero-order valence-electron chi connectivity index (χ0n) is 11.3. The van der Waals surface area contributed by atoms with Gasteiger partial charge in [0.2, 0.25) is 5.91 Å². The van der Waals surface area contributed by atoms with Crippen LogP contribution < -0.4 is 10.6 Å². The van der Waals surface area contributed by atoms with Crippen LogP contribution in [0.15, 0.2) is 30.5 Å². The second-order valence-electron chi connectivity index (χ2n) is 5.10. The van der Waals surface area contributed by atoms with Crippen molar-refractivity contribution in [2.45, 2.75) is 18.9 Å². The summed E-state index contributed by atoms with van der Waals surface area (Å²) in [4.78, 5) is 29.1. The van der Waals surface area contributed by atoms with Gasteiger partial charge in [-0.15, -0.1) is 0 Å². The topological polar surface area (TPSA) is 96.5 Å². The number of rotatable bonds is 3. The lowest BCUT2D eigenvalue weighted by molar-refractivity contribution is -0.119. The number of para-hydroxylation sites is 1. The fourth-order valence-corrected chi connectivity index (χ4v) is 2.92. The van der Waals surface area contributed by atoms with Gasteiger partial charge >= 0.3 is 5.97 Å². The van der Waals surface area contributed by atoms with E-state index in [1.807, 2.05) is 24.3 Å². The first kappa shape index (κ1) is 13.4. The predicted octanol–water partition coefficient (Wildman–Crippen LogP) is 1.39. The Morgan fingerprint density at radius 1 is 1.33 bits per heavy atom. The van der Waals surface area contributed by atoms with Crippen molar-refractivity contribution >= 4 is 28.5 Å². The van der Waals surface area contributed by atoms with Crippen LogP contribution in [0.25, 0.3) is 10.9 Å². The monoisotopic (exact) mass is 285 g/mol. The van der Waals surface area contributed by atoms with E-state index in [0.29, 0.717) is 24.2 Å². The lowest BCUT2D eigenvalue weighted by Gasteiger charge is -2.27. The molecule has 0 bridgehead atoms. The third-order valence-corrected chi connectivity index (χ3v) is 3.85. The van der Waals surface area contributed by atoms with Gasteiger partial charge in [-0.3, -0.25) is 9.78 Å². The summed E-state index contributed by atoms with van der Waals surface area (Å²) in [6.45, 7) is 0.613. The molecule has 1 amide bonds. The average Bonchev–Trinajstić information content (AvgIpc) is 2.95. The smallest absolute Gasteiger partial charge is 0.339 e. The number of carbonyl (C=O) groups is 2. The van der Waals surface area contributed by atoms with Crippen molar-refractivity contribution in [3.05, 3.63) is 36.0 Å². The summed E-state index contributed by atoms with van der Waals surface area (Å²) in [6, 6.07) is 6.85. The number of carboxylic acids is 1. The summed E-state index contributed by atoms with van der Waals surface area (Å²) in [6.07, 6.45) is 2.80. The number of hydrogen-bond acceptors (Lipinski definition) is 4. The SMILES string of the molecule is NC(=O)C1CCCN1c1c(C(=O)O)cnc2ccccc12. The number of aromatic carboxylic acids is 1. The number of primary amides is 1. The number of aromatic nitrogens is 1.